The molecule has 2 heterocycles. The summed E-state index contributed by atoms with van der Waals surface area (Å²) in [6.45, 7) is 0.877. The minimum atomic E-state index is -2.12. The molecule has 0 saturated heterocycles. The van der Waals surface area contributed by atoms with Crippen molar-refractivity contribution in [2.75, 3.05) is 23.4 Å². The lowest BCUT2D eigenvalue weighted by molar-refractivity contribution is -0.144. The van der Waals surface area contributed by atoms with Crippen molar-refractivity contribution in [1.29, 1.82) is 0 Å². The van der Waals surface area contributed by atoms with Crippen LogP contribution in [0.15, 0.2) is 35.3 Å². The van der Waals surface area contributed by atoms with E-state index in [1.54, 1.807) is 31.2 Å². The molecule has 0 radical (unpaired) electrons. The summed E-state index contributed by atoms with van der Waals surface area (Å²) in [4.78, 5) is 76.2. The molecule has 48 heavy (non-hydrogen) atoms. The van der Waals surface area contributed by atoms with Gasteiger partial charge in [-0.2, -0.15) is 17.6 Å². The molecule has 1 aromatic carbocycles. The third kappa shape index (κ3) is 10.3. The lowest BCUT2D eigenvalue weighted by Gasteiger charge is -2.29. The number of carbonyl (C=O) groups is 4. The van der Waals surface area contributed by atoms with Gasteiger partial charge in [0.15, 0.2) is 11.2 Å². The molecule has 6 atom stereocenters. The summed E-state index contributed by atoms with van der Waals surface area (Å²) < 4.78 is 0. The number of nitrogens with two attached hydrogens (primary N) is 1. The molecule has 0 saturated carbocycles. The molecule has 0 bridgehead atoms. The van der Waals surface area contributed by atoms with Crippen LogP contribution in [0.4, 0.5) is 11.6 Å². The van der Waals surface area contributed by atoms with Crippen molar-refractivity contribution < 1.29 is 44.7 Å². The van der Waals surface area contributed by atoms with E-state index in [0.29, 0.717) is 16.9 Å². The summed E-state index contributed by atoms with van der Waals surface area (Å²) >= 11 is 3.84. The van der Waals surface area contributed by atoms with Crippen molar-refractivity contribution in [3.8, 4) is 0 Å². The molecule has 0 spiro atoms. The normalized spacial score (nSPS) is 15.0. The Labute approximate surface area is 277 Å². The Hall–Kier alpha value is -4.89. The number of aromatic nitrogens is 4. The summed E-state index contributed by atoms with van der Waals surface area (Å²) in [5.41, 5.74) is 6.57. The van der Waals surface area contributed by atoms with Crippen LogP contribution >= 0.6 is 12.6 Å². The number of nitrogen functional groups attached to an aromatic ring is 1. The van der Waals surface area contributed by atoms with Gasteiger partial charge in [0.05, 0.1) is 25.0 Å². The van der Waals surface area contributed by atoms with Crippen LogP contribution < -0.4 is 32.6 Å². The third-order valence-electron chi connectivity index (χ3n) is 6.96. The Balaban J connectivity index is 1.53. The second-order valence-electron chi connectivity index (χ2n) is 10.7. The average Bonchev–Trinajstić information content (AvgIpc) is 3.06. The fourth-order valence-electron chi connectivity index (χ4n) is 4.25. The van der Waals surface area contributed by atoms with Crippen LogP contribution in [-0.4, -0.2) is 118 Å². The van der Waals surface area contributed by atoms with Gasteiger partial charge in [-0.15, -0.1) is 0 Å². The number of fused-ring (bicyclic) bond motifs is 1. The largest absolute Gasteiger partial charge is 0.480 e. The van der Waals surface area contributed by atoms with Crippen LogP contribution in [0.3, 0.4) is 0 Å². The molecule has 19 nitrogen and oxygen atoms in total. The molecule has 3 rings (SSSR count). The first-order chi connectivity index (χ1) is 22.7. The third-order valence-corrected chi connectivity index (χ3v) is 7.32. The lowest BCUT2D eigenvalue weighted by Crippen LogP contribution is -2.61. The summed E-state index contributed by atoms with van der Waals surface area (Å²) in [5.74, 6) is -4.25. The van der Waals surface area contributed by atoms with Crippen LogP contribution in [0.2, 0.25) is 0 Å². The predicted molar refractivity (Wildman–Crippen MR) is 173 cm³/mol. The smallest absolute Gasteiger partial charge is 0.327 e. The quantitative estimate of drug-likeness (QED) is 0.0623. The van der Waals surface area contributed by atoms with Crippen molar-refractivity contribution in [3.05, 3.63) is 52.1 Å². The SMILES string of the molecule is C[C@H](CCC(=O)N[C@H](C(=O)N[C@H](CS)C(=O)O)[C@@H](O)[C@H](O)[C@H](O)CO)NC(=O)c1ccc(NCc2cnc3nc(N)[nH]c(=O)c3n2)cc1. The number of nitrogens with zero attached hydrogens (tertiary/aromatic N) is 3. The monoisotopic (exact) mass is 691 g/mol. The Kier molecular flexibility index (Phi) is 13.6. The van der Waals surface area contributed by atoms with Gasteiger partial charge in [0.2, 0.25) is 17.8 Å². The van der Waals surface area contributed by atoms with E-state index in [0.717, 1.165) is 0 Å². The maximum atomic E-state index is 12.8. The van der Waals surface area contributed by atoms with E-state index in [-0.39, 0.29) is 42.3 Å². The highest BCUT2D eigenvalue weighted by molar-refractivity contribution is 7.80. The number of carbonyl (C=O) groups excluding carboxylic acids is 3. The zero-order valence-electron chi connectivity index (χ0n) is 25.5. The van der Waals surface area contributed by atoms with Crippen LogP contribution in [0, 0.1) is 0 Å². The van der Waals surface area contributed by atoms with Gasteiger partial charge in [-0.05, 0) is 37.6 Å². The lowest BCUT2D eigenvalue weighted by atomic mass is 9.99. The van der Waals surface area contributed by atoms with Crippen LogP contribution in [0.25, 0.3) is 11.2 Å². The van der Waals surface area contributed by atoms with Crippen molar-refractivity contribution in [2.45, 2.75) is 62.7 Å². The van der Waals surface area contributed by atoms with Gasteiger partial charge < -0.3 is 52.5 Å². The fraction of sp³-hybridized carbons (Fsp3) is 0.429. The number of hydrogen-bond donors (Lipinski definition) is 12. The highest BCUT2D eigenvalue weighted by Gasteiger charge is 2.37. The number of aliphatic carboxylic acids is 1. The van der Waals surface area contributed by atoms with Gasteiger partial charge in [0.1, 0.15) is 30.4 Å². The highest BCUT2D eigenvalue weighted by Crippen LogP contribution is 2.13. The summed E-state index contributed by atoms with van der Waals surface area (Å²) in [6, 6.07) is 2.49. The molecule has 260 valence electrons. The van der Waals surface area contributed by atoms with Gasteiger partial charge >= 0.3 is 5.97 Å². The summed E-state index contributed by atoms with van der Waals surface area (Å²) in [5, 5.41) is 58.6. The minimum absolute atomic E-state index is 0.0415. The van der Waals surface area contributed by atoms with E-state index in [1.807, 2.05) is 0 Å². The molecule has 2 aromatic heterocycles. The minimum Gasteiger partial charge on any atom is -0.480 e. The average molecular weight is 692 g/mol. The van der Waals surface area contributed by atoms with Crippen molar-refractivity contribution >= 4 is 59.1 Å². The molecular weight excluding hydrogens is 654 g/mol. The second-order valence-corrected chi connectivity index (χ2v) is 11.1. The number of aliphatic hydroxyl groups excluding tert-OH is 4. The van der Waals surface area contributed by atoms with Crippen molar-refractivity contribution in [2.24, 2.45) is 0 Å². The Morgan fingerprint density at radius 3 is 2.33 bits per heavy atom. The van der Waals surface area contributed by atoms with Gasteiger partial charge in [0.25, 0.3) is 11.5 Å². The number of aliphatic hydroxyl groups is 4. The van der Waals surface area contributed by atoms with E-state index in [2.05, 4.69) is 53.8 Å². The number of benzene rings is 1. The summed E-state index contributed by atoms with van der Waals surface area (Å²) in [6.07, 6.45) is -4.79. The van der Waals surface area contributed by atoms with Crippen LogP contribution in [-0.2, 0) is 20.9 Å². The Bertz CT molecular complexity index is 1660. The second kappa shape index (κ2) is 17.3. The molecule has 3 aromatic rings. The van der Waals surface area contributed by atoms with Gasteiger partial charge in [-0.25, -0.2) is 14.8 Å². The van der Waals surface area contributed by atoms with Gasteiger partial charge in [-0.1, -0.05) is 0 Å². The molecule has 0 aliphatic heterocycles. The predicted octanol–water partition coefficient (Wildman–Crippen LogP) is -3.14. The van der Waals surface area contributed by atoms with E-state index in [4.69, 9.17) is 10.8 Å². The Morgan fingerprint density at radius 2 is 1.71 bits per heavy atom. The maximum absolute atomic E-state index is 12.8. The fourth-order valence-corrected chi connectivity index (χ4v) is 4.49. The molecule has 20 heteroatoms. The Morgan fingerprint density at radius 1 is 1.02 bits per heavy atom. The first-order valence-electron chi connectivity index (χ1n) is 14.5. The summed E-state index contributed by atoms with van der Waals surface area (Å²) in [7, 11) is 0. The number of carboxylic acids is 1. The number of anilines is 2. The molecule has 0 unspecified atom stereocenters. The standard InChI is InChI=1S/C28H37N9O10S/c1-12(2-7-18(40)35-19(22(42)21(41)17(39)10-38)25(44)34-16(11-48)27(46)47)32-24(43)13-3-5-14(6-4-13)30-8-15-9-31-23-20(33-15)26(45)37-28(29)36-23/h3-6,9,12,16-17,19,21-22,30,38-39,41-42,48H,2,7-8,10-11H2,1H3,(H,32,43)(H,34,44)(H,35,40)(H,46,47)(H3,29,31,36,37,45)/t12-,16-,17-,19+,21-,22-/m1/s1. The number of hydrogen-bond acceptors (Lipinski definition) is 15. The molecule has 0 aliphatic carbocycles. The van der Waals surface area contributed by atoms with E-state index in [1.165, 1.54) is 6.20 Å². The van der Waals surface area contributed by atoms with Crippen molar-refractivity contribution in [1.82, 2.24) is 35.9 Å². The number of H-pyrrole nitrogens is 1. The van der Waals surface area contributed by atoms with Gasteiger partial charge in [0, 0.05) is 29.5 Å². The first-order valence-corrected chi connectivity index (χ1v) is 15.1. The first kappa shape index (κ1) is 37.6. The zero-order chi connectivity index (χ0) is 35.5. The van der Waals surface area contributed by atoms with Crippen molar-refractivity contribution in [3.63, 3.8) is 0 Å². The molecule has 3 amide bonds. The van der Waals surface area contributed by atoms with E-state index < -0.39 is 72.3 Å². The topological polar surface area (TPSA) is 315 Å². The number of aromatic amines is 1. The molecule has 0 fully saturated rings. The molecule has 0 aliphatic rings. The number of carboxylic acid groups (broad SMARTS) is 1. The molecule has 12 N–H and O–H groups in total. The maximum Gasteiger partial charge on any atom is 0.327 e. The molecular formula is C28H37N9O10S. The highest BCUT2D eigenvalue weighted by atomic mass is 32.1. The zero-order valence-corrected chi connectivity index (χ0v) is 26.4. The number of rotatable bonds is 17. The van der Waals surface area contributed by atoms with E-state index >= 15 is 0 Å². The number of amides is 3. The number of thiol groups is 1. The van der Waals surface area contributed by atoms with Gasteiger partial charge in [-0.3, -0.25) is 24.2 Å². The number of nitrogens with one attached hydrogen (secondary N) is 5. The van der Waals surface area contributed by atoms with E-state index in [9.17, 15) is 44.4 Å². The van der Waals surface area contributed by atoms with Crippen LogP contribution in [0.5, 0.6) is 0 Å². The van der Waals surface area contributed by atoms with Crippen LogP contribution in [0.1, 0.15) is 35.8 Å².